The maximum absolute atomic E-state index is 14.4. The summed E-state index contributed by atoms with van der Waals surface area (Å²) in [5, 5.41) is 8.16. The zero-order chi connectivity index (χ0) is 27.0. The number of piperazine rings is 1. The van der Waals surface area contributed by atoms with Crippen LogP contribution in [0.2, 0.25) is 0 Å². The number of rotatable bonds is 7. The van der Waals surface area contributed by atoms with E-state index in [0.717, 1.165) is 23.6 Å². The predicted molar refractivity (Wildman–Crippen MR) is 149 cm³/mol. The van der Waals surface area contributed by atoms with Gasteiger partial charge in [-0.1, -0.05) is 74.5 Å². The molecule has 38 heavy (non-hydrogen) atoms. The van der Waals surface area contributed by atoms with Gasteiger partial charge in [-0.2, -0.15) is 0 Å². The highest BCUT2D eigenvalue weighted by Gasteiger charge is 2.49. The third kappa shape index (κ3) is 5.04. The Balaban J connectivity index is 1.58. The van der Waals surface area contributed by atoms with Gasteiger partial charge in [0.05, 0.1) is 0 Å². The van der Waals surface area contributed by atoms with Crippen molar-refractivity contribution >= 4 is 28.5 Å². The first-order chi connectivity index (χ1) is 18.2. The van der Waals surface area contributed by atoms with E-state index in [4.69, 9.17) is 0 Å². The third-order valence-corrected chi connectivity index (χ3v) is 7.75. The molecule has 3 aromatic rings. The second kappa shape index (κ2) is 10.6. The van der Waals surface area contributed by atoms with Gasteiger partial charge in [-0.25, -0.2) is 0 Å². The second-order valence-electron chi connectivity index (χ2n) is 11.5. The molecule has 2 aliphatic rings. The van der Waals surface area contributed by atoms with Crippen LogP contribution in [0, 0.1) is 11.8 Å². The first kappa shape index (κ1) is 26.0. The molecule has 0 bridgehead atoms. The molecule has 198 valence electrons. The van der Waals surface area contributed by atoms with Crippen LogP contribution >= 0.6 is 0 Å². The summed E-state index contributed by atoms with van der Waals surface area (Å²) in [5.41, 5.74) is 3.16. The minimum atomic E-state index is -0.907. The zero-order valence-corrected chi connectivity index (χ0v) is 22.6. The van der Waals surface area contributed by atoms with Crippen molar-refractivity contribution in [3.8, 4) is 0 Å². The van der Waals surface area contributed by atoms with Crippen LogP contribution in [0.25, 0.3) is 10.8 Å². The fourth-order valence-electron chi connectivity index (χ4n) is 6.05. The SMILES string of the molecule is CC(C)C[C@@H]1C(=O)N[C@H](C2Cc3ccccc3C2)C(=O)N1C(C(=O)NC(C)C)c1ccc2ccccc2c1. The number of carbonyl (C=O) groups is 3. The molecule has 3 atom stereocenters. The van der Waals surface area contributed by atoms with Crippen molar-refractivity contribution in [2.45, 2.75) is 71.1 Å². The molecule has 1 saturated heterocycles. The van der Waals surface area contributed by atoms with E-state index in [2.05, 4.69) is 22.8 Å². The number of benzene rings is 3. The summed E-state index contributed by atoms with van der Waals surface area (Å²) in [6.45, 7) is 7.89. The standard InChI is InChI=1S/C32H37N3O3/c1-19(2)15-27-30(36)34-28(26-17-23-11-7-8-12-24(23)18-26)32(38)35(27)29(31(37)33-20(3)4)25-14-13-21-9-5-6-10-22(21)16-25/h5-14,16,19-20,26-29H,15,17-18H2,1-4H3,(H,33,37)(H,34,36)/t27-,28-,29?/m1/s1. The van der Waals surface area contributed by atoms with Crippen LogP contribution in [0.4, 0.5) is 0 Å². The van der Waals surface area contributed by atoms with Gasteiger partial charge in [-0.3, -0.25) is 14.4 Å². The van der Waals surface area contributed by atoms with E-state index in [-0.39, 0.29) is 35.6 Å². The van der Waals surface area contributed by atoms with E-state index in [0.29, 0.717) is 12.0 Å². The van der Waals surface area contributed by atoms with Crippen molar-refractivity contribution in [2.24, 2.45) is 11.8 Å². The summed E-state index contributed by atoms with van der Waals surface area (Å²) < 4.78 is 0. The van der Waals surface area contributed by atoms with Gasteiger partial charge in [0.1, 0.15) is 18.1 Å². The molecule has 6 heteroatoms. The molecule has 0 saturated carbocycles. The van der Waals surface area contributed by atoms with Gasteiger partial charge in [-0.15, -0.1) is 0 Å². The number of fused-ring (bicyclic) bond motifs is 2. The predicted octanol–water partition coefficient (Wildman–Crippen LogP) is 4.56. The monoisotopic (exact) mass is 511 g/mol. The van der Waals surface area contributed by atoms with E-state index in [1.54, 1.807) is 4.90 Å². The Kier molecular flexibility index (Phi) is 7.24. The lowest BCUT2D eigenvalue weighted by atomic mass is 9.87. The Labute approximate surface area is 224 Å². The number of nitrogens with one attached hydrogen (secondary N) is 2. The Bertz CT molecular complexity index is 1340. The Morgan fingerprint density at radius 1 is 0.921 bits per heavy atom. The number of carbonyl (C=O) groups excluding carboxylic acids is 3. The average Bonchev–Trinajstić information content (AvgIpc) is 3.31. The topological polar surface area (TPSA) is 78.5 Å². The van der Waals surface area contributed by atoms with Gasteiger partial charge < -0.3 is 15.5 Å². The lowest BCUT2D eigenvalue weighted by Crippen LogP contribution is -2.67. The molecule has 5 rings (SSSR count). The molecule has 1 aliphatic carbocycles. The molecule has 1 unspecified atom stereocenters. The molecule has 3 amide bonds. The highest BCUT2D eigenvalue weighted by molar-refractivity contribution is 6.00. The lowest BCUT2D eigenvalue weighted by Gasteiger charge is -2.45. The maximum atomic E-state index is 14.4. The largest absolute Gasteiger partial charge is 0.352 e. The van der Waals surface area contributed by atoms with Crippen LogP contribution < -0.4 is 10.6 Å². The first-order valence-corrected chi connectivity index (χ1v) is 13.7. The number of hydrogen-bond donors (Lipinski definition) is 2. The molecule has 2 N–H and O–H groups in total. The molecular weight excluding hydrogens is 474 g/mol. The van der Waals surface area contributed by atoms with E-state index < -0.39 is 18.1 Å². The van der Waals surface area contributed by atoms with Crippen LogP contribution in [0.3, 0.4) is 0 Å². The van der Waals surface area contributed by atoms with Crippen LogP contribution in [0.15, 0.2) is 66.7 Å². The molecule has 1 aliphatic heterocycles. The maximum Gasteiger partial charge on any atom is 0.247 e. The molecule has 1 fully saturated rings. The number of hydrogen-bond acceptors (Lipinski definition) is 3. The second-order valence-corrected chi connectivity index (χ2v) is 11.5. The molecule has 1 heterocycles. The van der Waals surface area contributed by atoms with Crippen LogP contribution in [0.5, 0.6) is 0 Å². The molecule has 0 spiro atoms. The molecule has 0 aromatic heterocycles. The van der Waals surface area contributed by atoms with Crippen molar-refractivity contribution < 1.29 is 14.4 Å². The first-order valence-electron chi connectivity index (χ1n) is 13.7. The molecule has 0 radical (unpaired) electrons. The molecule has 3 aromatic carbocycles. The third-order valence-electron chi connectivity index (χ3n) is 7.75. The summed E-state index contributed by atoms with van der Waals surface area (Å²) in [6.07, 6.45) is 1.94. The number of nitrogens with zero attached hydrogens (tertiary/aromatic N) is 1. The van der Waals surface area contributed by atoms with Crippen molar-refractivity contribution in [1.29, 1.82) is 0 Å². The fraction of sp³-hybridized carbons (Fsp3) is 0.406. The van der Waals surface area contributed by atoms with Gasteiger partial charge in [0.2, 0.25) is 17.7 Å². The van der Waals surface area contributed by atoms with Crippen molar-refractivity contribution in [1.82, 2.24) is 15.5 Å². The highest BCUT2D eigenvalue weighted by atomic mass is 16.2. The number of amides is 3. The minimum Gasteiger partial charge on any atom is -0.352 e. The summed E-state index contributed by atoms with van der Waals surface area (Å²) >= 11 is 0. The van der Waals surface area contributed by atoms with Crippen LogP contribution in [-0.4, -0.2) is 40.7 Å². The quantitative estimate of drug-likeness (QED) is 0.488. The van der Waals surface area contributed by atoms with Crippen LogP contribution in [0.1, 0.15) is 56.8 Å². The van der Waals surface area contributed by atoms with Gasteiger partial charge >= 0.3 is 0 Å². The lowest BCUT2D eigenvalue weighted by molar-refractivity contribution is -0.158. The van der Waals surface area contributed by atoms with E-state index in [1.165, 1.54) is 11.1 Å². The Morgan fingerprint density at radius 2 is 1.55 bits per heavy atom. The Morgan fingerprint density at radius 3 is 2.18 bits per heavy atom. The van der Waals surface area contributed by atoms with Crippen molar-refractivity contribution in [3.63, 3.8) is 0 Å². The van der Waals surface area contributed by atoms with Gasteiger partial charge in [0.25, 0.3) is 0 Å². The summed E-state index contributed by atoms with van der Waals surface area (Å²) in [7, 11) is 0. The van der Waals surface area contributed by atoms with Crippen molar-refractivity contribution in [2.75, 3.05) is 0 Å². The van der Waals surface area contributed by atoms with Gasteiger partial charge in [-0.05, 0) is 78.5 Å². The van der Waals surface area contributed by atoms with Crippen molar-refractivity contribution in [3.05, 3.63) is 83.4 Å². The summed E-state index contributed by atoms with van der Waals surface area (Å²) in [4.78, 5) is 43.5. The summed E-state index contributed by atoms with van der Waals surface area (Å²) in [5.74, 6) is -0.497. The Hall–Kier alpha value is -3.67. The molecular formula is C32H37N3O3. The molecule has 6 nitrogen and oxygen atoms in total. The smallest absolute Gasteiger partial charge is 0.247 e. The van der Waals surface area contributed by atoms with Gasteiger partial charge in [0.15, 0.2) is 0 Å². The zero-order valence-electron chi connectivity index (χ0n) is 22.6. The average molecular weight is 512 g/mol. The van der Waals surface area contributed by atoms with E-state index in [9.17, 15) is 14.4 Å². The minimum absolute atomic E-state index is 0.0447. The summed E-state index contributed by atoms with van der Waals surface area (Å²) in [6, 6.07) is 19.7. The fourth-order valence-corrected chi connectivity index (χ4v) is 6.05. The highest BCUT2D eigenvalue weighted by Crippen LogP contribution is 2.36. The van der Waals surface area contributed by atoms with E-state index >= 15 is 0 Å². The normalized spacial score (nSPS) is 20.6. The van der Waals surface area contributed by atoms with Crippen LogP contribution in [-0.2, 0) is 27.2 Å². The van der Waals surface area contributed by atoms with E-state index in [1.807, 2.05) is 82.3 Å². The van der Waals surface area contributed by atoms with Gasteiger partial charge in [0, 0.05) is 6.04 Å².